The summed E-state index contributed by atoms with van der Waals surface area (Å²) in [5.74, 6) is 0.375. The predicted molar refractivity (Wildman–Crippen MR) is 95.7 cm³/mol. The average molecular weight is 345 g/mol. The number of hydrogen-bond acceptors (Lipinski definition) is 4. The van der Waals surface area contributed by atoms with Gasteiger partial charge in [0, 0.05) is 25.5 Å². The number of nitrogens with one attached hydrogen (secondary N) is 1. The van der Waals surface area contributed by atoms with Crippen molar-refractivity contribution in [3.8, 4) is 5.69 Å². The van der Waals surface area contributed by atoms with Gasteiger partial charge in [-0.2, -0.15) is 0 Å². The minimum absolute atomic E-state index is 0.0191. The van der Waals surface area contributed by atoms with E-state index in [2.05, 4.69) is 42.3 Å². The van der Waals surface area contributed by atoms with Crippen molar-refractivity contribution < 1.29 is 9.53 Å². The lowest BCUT2D eigenvalue weighted by Crippen LogP contribution is -2.32. The number of hydrogen-bond donors (Lipinski definition) is 1. The molecule has 1 atom stereocenters. The summed E-state index contributed by atoms with van der Waals surface area (Å²) in [7, 11) is 0. The normalized spacial score (nSPS) is 17.2. The molecule has 1 unspecified atom stereocenters. The second-order valence-corrected chi connectivity index (χ2v) is 7.04. The molecule has 1 aliphatic heterocycles. The number of nitrogens with zero attached hydrogens (tertiary/aromatic N) is 2. The van der Waals surface area contributed by atoms with Crippen molar-refractivity contribution in [2.24, 2.45) is 0 Å². The van der Waals surface area contributed by atoms with Crippen LogP contribution < -0.4 is 5.32 Å². The molecule has 1 N–H and O–H groups in total. The molecule has 6 heteroatoms. The van der Waals surface area contributed by atoms with E-state index in [-0.39, 0.29) is 12.0 Å². The fourth-order valence-corrected chi connectivity index (χ4v) is 3.67. The van der Waals surface area contributed by atoms with Crippen molar-refractivity contribution in [3.63, 3.8) is 0 Å². The molecular formula is C18H23N3O2S. The van der Waals surface area contributed by atoms with Crippen LogP contribution in [0.15, 0.2) is 35.7 Å². The van der Waals surface area contributed by atoms with Crippen molar-refractivity contribution in [1.82, 2.24) is 14.9 Å². The first kappa shape index (κ1) is 17.0. The number of thioether (sulfide) groups is 1. The number of amides is 1. The summed E-state index contributed by atoms with van der Waals surface area (Å²) in [4.78, 5) is 16.4. The fraction of sp³-hybridized carbons (Fsp3) is 0.444. The van der Waals surface area contributed by atoms with Crippen LogP contribution in [-0.2, 0) is 9.53 Å². The molecule has 0 radical (unpaired) electrons. The zero-order valence-electron chi connectivity index (χ0n) is 14.1. The first-order valence-corrected chi connectivity index (χ1v) is 9.24. The van der Waals surface area contributed by atoms with Gasteiger partial charge < -0.3 is 10.1 Å². The molecule has 1 aliphatic rings. The van der Waals surface area contributed by atoms with E-state index in [4.69, 9.17) is 4.74 Å². The zero-order chi connectivity index (χ0) is 16.9. The third-order valence-electron chi connectivity index (χ3n) is 4.10. The number of ether oxygens (including phenoxy) is 1. The van der Waals surface area contributed by atoms with Gasteiger partial charge in [-0.15, -0.1) is 0 Å². The van der Waals surface area contributed by atoms with Gasteiger partial charge >= 0.3 is 0 Å². The molecule has 1 fully saturated rings. The number of imidazole rings is 1. The van der Waals surface area contributed by atoms with Crippen LogP contribution in [0.2, 0.25) is 0 Å². The van der Waals surface area contributed by atoms with Crippen LogP contribution in [0.4, 0.5) is 0 Å². The van der Waals surface area contributed by atoms with E-state index in [0.717, 1.165) is 30.3 Å². The topological polar surface area (TPSA) is 56.2 Å². The van der Waals surface area contributed by atoms with Crippen molar-refractivity contribution in [1.29, 1.82) is 0 Å². The second kappa shape index (κ2) is 7.85. The SMILES string of the molecule is Cc1ccc(-n2ccnc2SCC(=O)NCC2CCCO2)c(C)c1. The van der Waals surface area contributed by atoms with Crippen LogP contribution in [0, 0.1) is 13.8 Å². The minimum atomic E-state index is 0.0191. The Morgan fingerprint density at radius 1 is 1.46 bits per heavy atom. The quantitative estimate of drug-likeness (QED) is 0.818. The number of rotatable bonds is 6. The Morgan fingerprint density at radius 3 is 3.08 bits per heavy atom. The number of aromatic nitrogens is 2. The van der Waals surface area contributed by atoms with Gasteiger partial charge in [0.15, 0.2) is 5.16 Å². The molecule has 0 spiro atoms. The van der Waals surface area contributed by atoms with E-state index in [9.17, 15) is 4.79 Å². The van der Waals surface area contributed by atoms with Crippen molar-refractivity contribution >= 4 is 17.7 Å². The lowest BCUT2D eigenvalue weighted by molar-refractivity contribution is -0.119. The first-order valence-electron chi connectivity index (χ1n) is 8.25. The number of carbonyl (C=O) groups is 1. The van der Waals surface area contributed by atoms with Crippen LogP contribution in [0.3, 0.4) is 0 Å². The average Bonchev–Trinajstić information content (AvgIpc) is 3.22. The number of benzene rings is 1. The van der Waals surface area contributed by atoms with E-state index in [1.807, 2.05) is 10.8 Å². The maximum Gasteiger partial charge on any atom is 0.230 e. The summed E-state index contributed by atoms with van der Waals surface area (Å²) < 4.78 is 7.55. The highest BCUT2D eigenvalue weighted by Crippen LogP contribution is 2.23. The molecule has 1 aromatic carbocycles. The molecule has 2 heterocycles. The molecule has 24 heavy (non-hydrogen) atoms. The van der Waals surface area contributed by atoms with Crippen LogP contribution in [-0.4, -0.2) is 40.5 Å². The predicted octanol–water partition coefficient (Wildman–Crippen LogP) is 2.88. The highest BCUT2D eigenvalue weighted by molar-refractivity contribution is 7.99. The smallest absolute Gasteiger partial charge is 0.230 e. The maximum atomic E-state index is 12.0. The third-order valence-corrected chi connectivity index (χ3v) is 5.07. The molecule has 0 aliphatic carbocycles. The minimum Gasteiger partial charge on any atom is -0.376 e. The van der Waals surface area contributed by atoms with Gasteiger partial charge in [-0.1, -0.05) is 29.5 Å². The van der Waals surface area contributed by atoms with Gasteiger partial charge in [0.25, 0.3) is 0 Å². The molecule has 1 saturated heterocycles. The third kappa shape index (κ3) is 4.19. The Morgan fingerprint density at radius 2 is 2.33 bits per heavy atom. The molecule has 5 nitrogen and oxygen atoms in total. The van der Waals surface area contributed by atoms with Gasteiger partial charge in [0.05, 0.1) is 17.5 Å². The molecule has 0 saturated carbocycles. The monoisotopic (exact) mass is 345 g/mol. The Kier molecular flexibility index (Phi) is 5.58. The lowest BCUT2D eigenvalue weighted by atomic mass is 10.1. The summed E-state index contributed by atoms with van der Waals surface area (Å²) in [6.45, 7) is 5.58. The van der Waals surface area contributed by atoms with Gasteiger partial charge in [0.1, 0.15) is 0 Å². The molecule has 1 aromatic heterocycles. The number of aryl methyl sites for hydroxylation is 2. The molecule has 0 bridgehead atoms. The standard InChI is InChI=1S/C18H23N3O2S/c1-13-5-6-16(14(2)10-13)21-8-7-19-18(21)24-12-17(22)20-11-15-4-3-9-23-15/h5-8,10,15H,3-4,9,11-12H2,1-2H3,(H,20,22). The summed E-state index contributed by atoms with van der Waals surface area (Å²) >= 11 is 1.45. The Bertz CT molecular complexity index is 708. The van der Waals surface area contributed by atoms with Gasteiger partial charge in [0.2, 0.25) is 5.91 Å². The Labute approximate surface area is 146 Å². The van der Waals surface area contributed by atoms with Crippen LogP contribution in [0.25, 0.3) is 5.69 Å². The van der Waals surface area contributed by atoms with Crippen molar-refractivity contribution in [2.75, 3.05) is 18.9 Å². The van der Waals surface area contributed by atoms with Crippen LogP contribution >= 0.6 is 11.8 Å². The maximum absolute atomic E-state index is 12.0. The lowest BCUT2D eigenvalue weighted by Gasteiger charge is -2.12. The molecule has 128 valence electrons. The molecule has 2 aromatic rings. The van der Waals surface area contributed by atoms with Gasteiger partial charge in [-0.25, -0.2) is 4.98 Å². The second-order valence-electron chi connectivity index (χ2n) is 6.10. The summed E-state index contributed by atoms with van der Waals surface area (Å²) in [6.07, 6.45) is 6.00. The van der Waals surface area contributed by atoms with E-state index in [0.29, 0.717) is 12.3 Å². The Hall–Kier alpha value is -1.79. The van der Waals surface area contributed by atoms with Crippen molar-refractivity contribution in [2.45, 2.75) is 37.9 Å². The fourth-order valence-electron chi connectivity index (χ4n) is 2.87. The largest absolute Gasteiger partial charge is 0.376 e. The van der Waals surface area contributed by atoms with Gasteiger partial charge in [-0.3, -0.25) is 9.36 Å². The van der Waals surface area contributed by atoms with Crippen LogP contribution in [0.5, 0.6) is 0 Å². The summed E-state index contributed by atoms with van der Waals surface area (Å²) in [5, 5.41) is 3.77. The van der Waals surface area contributed by atoms with E-state index in [1.54, 1.807) is 6.20 Å². The Balaban J connectivity index is 1.58. The summed E-state index contributed by atoms with van der Waals surface area (Å²) in [6, 6.07) is 6.33. The molecule has 1 amide bonds. The van der Waals surface area contributed by atoms with Crippen LogP contribution in [0.1, 0.15) is 24.0 Å². The van der Waals surface area contributed by atoms with Gasteiger partial charge in [-0.05, 0) is 38.3 Å². The highest BCUT2D eigenvalue weighted by atomic mass is 32.2. The first-order chi connectivity index (χ1) is 11.6. The van der Waals surface area contributed by atoms with E-state index >= 15 is 0 Å². The molecule has 3 rings (SSSR count). The van der Waals surface area contributed by atoms with E-state index < -0.39 is 0 Å². The summed E-state index contributed by atoms with van der Waals surface area (Å²) in [5.41, 5.74) is 3.53. The van der Waals surface area contributed by atoms with Crippen molar-refractivity contribution in [3.05, 3.63) is 41.7 Å². The van der Waals surface area contributed by atoms with E-state index in [1.165, 1.54) is 22.9 Å². The highest BCUT2D eigenvalue weighted by Gasteiger charge is 2.16. The zero-order valence-corrected chi connectivity index (χ0v) is 14.9. The number of carbonyl (C=O) groups excluding carboxylic acids is 1. The molecular weight excluding hydrogens is 322 g/mol.